The standard InChI is InChI=1S/C32H29NO7/c1-37-22-15-16-27(29(17-22)38-2)31(20-11-13-21(14-12-20)39-19-30(34)35)33-32(36)40-18-28-25-9-5-3-7-23(25)24-8-4-6-10-26(24)28/h3-17,28,31H,18-19H2,1-2H3,(H,33,36)(H,34,35)/t31-/m1/s1. The van der Waals surface area contributed by atoms with Gasteiger partial charge in [-0.15, -0.1) is 0 Å². The van der Waals surface area contributed by atoms with Crippen LogP contribution < -0.4 is 19.5 Å². The lowest BCUT2D eigenvalue weighted by Gasteiger charge is -2.23. The summed E-state index contributed by atoms with van der Waals surface area (Å²) in [6.45, 7) is -0.276. The topological polar surface area (TPSA) is 103 Å². The van der Waals surface area contributed by atoms with Crippen LogP contribution in [-0.4, -0.2) is 44.6 Å². The molecule has 0 bridgehead atoms. The predicted octanol–water partition coefficient (Wildman–Crippen LogP) is 5.80. The molecule has 0 fully saturated rings. The minimum absolute atomic E-state index is 0.0715. The SMILES string of the molecule is COc1ccc([C@H](NC(=O)OCC2c3ccccc3-c3ccccc32)c2ccc(OCC(=O)O)cc2)c(OC)c1. The first-order valence-electron chi connectivity index (χ1n) is 12.8. The van der Waals surface area contributed by atoms with Crippen molar-refractivity contribution < 1.29 is 33.6 Å². The highest BCUT2D eigenvalue weighted by Crippen LogP contribution is 2.44. The van der Waals surface area contributed by atoms with Crippen LogP contribution in [0, 0.1) is 0 Å². The van der Waals surface area contributed by atoms with E-state index in [1.165, 1.54) is 0 Å². The third-order valence-corrected chi connectivity index (χ3v) is 6.93. The van der Waals surface area contributed by atoms with Crippen molar-refractivity contribution in [3.8, 4) is 28.4 Å². The highest BCUT2D eigenvalue weighted by molar-refractivity contribution is 5.79. The Kier molecular flexibility index (Phi) is 7.87. The van der Waals surface area contributed by atoms with E-state index in [-0.39, 0.29) is 12.5 Å². The molecule has 0 aliphatic heterocycles. The van der Waals surface area contributed by atoms with Gasteiger partial charge in [-0.3, -0.25) is 0 Å². The average Bonchev–Trinajstić information content (AvgIpc) is 3.31. The molecule has 1 atom stereocenters. The van der Waals surface area contributed by atoms with Gasteiger partial charge >= 0.3 is 12.1 Å². The number of nitrogens with one attached hydrogen (secondary N) is 1. The average molecular weight is 540 g/mol. The number of carboxylic acid groups (broad SMARTS) is 1. The largest absolute Gasteiger partial charge is 0.497 e. The fourth-order valence-corrected chi connectivity index (χ4v) is 5.06. The normalized spacial score (nSPS) is 12.6. The van der Waals surface area contributed by atoms with Gasteiger partial charge in [0.25, 0.3) is 0 Å². The first kappa shape index (κ1) is 26.6. The monoisotopic (exact) mass is 539 g/mol. The second-order valence-corrected chi connectivity index (χ2v) is 9.26. The summed E-state index contributed by atoms with van der Waals surface area (Å²) in [7, 11) is 3.11. The fraction of sp³-hybridized carbons (Fsp3) is 0.188. The van der Waals surface area contributed by atoms with Crippen LogP contribution >= 0.6 is 0 Å². The third kappa shape index (κ3) is 5.56. The summed E-state index contributed by atoms with van der Waals surface area (Å²) in [5.41, 5.74) is 5.97. The summed E-state index contributed by atoms with van der Waals surface area (Å²) in [4.78, 5) is 24.1. The van der Waals surface area contributed by atoms with Gasteiger partial charge in [-0.25, -0.2) is 9.59 Å². The lowest BCUT2D eigenvalue weighted by molar-refractivity contribution is -0.139. The fourth-order valence-electron chi connectivity index (χ4n) is 5.06. The molecular formula is C32H29NO7. The maximum Gasteiger partial charge on any atom is 0.407 e. The highest BCUT2D eigenvalue weighted by Gasteiger charge is 2.30. The van der Waals surface area contributed by atoms with Crippen molar-refractivity contribution in [2.24, 2.45) is 0 Å². The Labute approximate surface area is 232 Å². The Morgan fingerprint density at radius 1 is 0.825 bits per heavy atom. The van der Waals surface area contributed by atoms with Crippen molar-refractivity contribution in [3.05, 3.63) is 113 Å². The maximum absolute atomic E-state index is 13.3. The van der Waals surface area contributed by atoms with Crippen LogP contribution in [0.1, 0.15) is 34.2 Å². The number of carbonyl (C=O) groups excluding carboxylic acids is 1. The zero-order valence-corrected chi connectivity index (χ0v) is 22.1. The van der Waals surface area contributed by atoms with E-state index in [1.807, 2.05) is 30.3 Å². The number of benzene rings is 4. The number of hydrogen-bond acceptors (Lipinski definition) is 6. The van der Waals surface area contributed by atoms with Crippen molar-refractivity contribution in [2.75, 3.05) is 27.4 Å². The van der Waals surface area contributed by atoms with Crippen LogP contribution in [0.25, 0.3) is 11.1 Å². The minimum atomic E-state index is -1.07. The number of fused-ring (bicyclic) bond motifs is 3. The smallest absolute Gasteiger partial charge is 0.407 e. The van der Waals surface area contributed by atoms with E-state index >= 15 is 0 Å². The minimum Gasteiger partial charge on any atom is -0.497 e. The number of carbonyl (C=O) groups is 2. The highest BCUT2D eigenvalue weighted by atomic mass is 16.5. The summed E-state index contributed by atoms with van der Waals surface area (Å²) in [6.07, 6.45) is -0.587. The van der Waals surface area contributed by atoms with Gasteiger partial charge in [0, 0.05) is 17.5 Å². The summed E-state index contributed by atoms with van der Waals surface area (Å²) >= 11 is 0. The van der Waals surface area contributed by atoms with E-state index in [1.54, 1.807) is 50.6 Å². The number of hydrogen-bond donors (Lipinski definition) is 2. The molecule has 8 heteroatoms. The first-order chi connectivity index (χ1) is 19.5. The van der Waals surface area contributed by atoms with E-state index in [0.717, 1.165) is 27.8 Å². The molecule has 0 aromatic heterocycles. The second kappa shape index (κ2) is 11.8. The Balaban J connectivity index is 1.38. The quantitative estimate of drug-likeness (QED) is 0.263. The number of ether oxygens (including phenoxy) is 4. The van der Waals surface area contributed by atoms with Gasteiger partial charge in [-0.2, -0.15) is 0 Å². The summed E-state index contributed by atoms with van der Waals surface area (Å²) in [5.74, 6) is 0.389. The van der Waals surface area contributed by atoms with E-state index in [9.17, 15) is 9.59 Å². The molecule has 0 spiro atoms. The number of aliphatic carboxylic acids is 1. The molecule has 1 aliphatic rings. The van der Waals surface area contributed by atoms with Gasteiger partial charge in [0.15, 0.2) is 6.61 Å². The second-order valence-electron chi connectivity index (χ2n) is 9.26. The molecule has 1 amide bonds. The molecule has 0 unspecified atom stereocenters. The van der Waals surface area contributed by atoms with Crippen LogP contribution in [0.5, 0.6) is 17.2 Å². The maximum atomic E-state index is 13.3. The van der Waals surface area contributed by atoms with Crippen molar-refractivity contribution in [2.45, 2.75) is 12.0 Å². The molecule has 0 heterocycles. The molecule has 5 rings (SSSR count). The van der Waals surface area contributed by atoms with E-state index < -0.39 is 24.7 Å². The van der Waals surface area contributed by atoms with Gasteiger partial charge in [-0.05, 0) is 52.1 Å². The van der Waals surface area contributed by atoms with E-state index in [2.05, 4.69) is 29.6 Å². The van der Waals surface area contributed by atoms with Crippen LogP contribution in [0.3, 0.4) is 0 Å². The predicted molar refractivity (Wildman–Crippen MR) is 149 cm³/mol. The van der Waals surface area contributed by atoms with Gasteiger partial charge < -0.3 is 29.4 Å². The number of amides is 1. The molecule has 4 aromatic carbocycles. The van der Waals surface area contributed by atoms with Gasteiger partial charge in [-0.1, -0.05) is 60.7 Å². The Bertz CT molecular complexity index is 1470. The van der Waals surface area contributed by atoms with Crippen LogP contribution in [-0.2, 0) is 9.53 Å². The van der Waals surface area contributed by atoms with Crippen molar-refractivity contribution in [3.63, 3.8) is 0 Å². The lowest BCUT2D eigenvalue weighted by atomic mass is 9.97. The zero-order valence-electron chi connectivity index (χ0n) is 22.1. The van der Waals surface area contributed by atoms with E-state index in [4.69, 9.17) is 24.1 Å². The lowest BCUT2D eigenvalue weighted by Crippen LogP contribution is -2.31. The summed E-state index contributed by atoms with van der Waals surface area (Å²) in [5, 5.41) is 11.9. The van der Waals surface area contributed by atoms with Gasteiger partial charge in [0.2, 0.25) is 0 Å². The number of alkyl carbamates (subject to hydrolysis) is 1. The Hall–Kier alpha value is -4.98. The Morgan fingerprint density at radius 2 is 1.45 bits per heavy atom. The molecule has 2 N–H and O–H groups in total. The van der Waals surface area contributed by atoms with Crippen molar-refractivity contribution >= 4 is 12.1 Å². The molecule has 204 valence electrons. The van der Waals surface area contributed by atoms with Crippen LogP contribution in [0.15, 0.2) is 91.0 Å². The summed E-state index contributed by atoms with van der Waals surface area (Å²) < 4.78 is 22.0. The van der Waals surface area contributed by atoms with Crippen molar-refractivity contribution in [1.29, 1.82) is 0 Å². The summed E-state index contributed by atoms with van der Waals surface area (Å²) in [6, 6.07) is 27.9. The van der Waals surface area contributed by atoms with Gasteiger partial charge in [0.1, 0.15) is 23.9 Å². The number of rotatable bonds is 10. The Morgan fingerprint density at radius 3 is 2.05 bits per heavy atom. The molecule has 0 saturated heterocycles. The molecule has 0 saturated carbocycles. The molecule has 1 aliphatic carbocycles. The number of methoxy groups -OCH3 is 2. The zero-order chi connectivity index (χ0) is 28.1. The third-order valence-electron chi connectivity index (χ3n) is 6.93. The van der Waals surface area contributed by atoms with Crippen molar-refractivity contribution in [1.82, 2.24) is 5.32 Å². The molecular weight excluding hydrogens is 510 g/mol. The molecule has 4 aromatic rings. The number of carboxylic acids is 1. The van der Waals surface area contributed by atoms with E-state index in [0.29, 0.717) is 22.8 Å². The molecule has 8 nitrogen and oxygen atoms in total. The first-order valence-corrected chi connectivity index (χ1v) is 12.8. The van der Waals surface area contributed by atoms with Crippen LogP contribution in [0.2, 0.25) is 0 Å². The van der Waals surface area contributed by atoms with Gasteiger partial charge in [0.05, 0.1) is 20.3 Å². The molecule has 0 radical (unpaired) electrons. The van der Waals surface area contributed by atoms with Crippen LogP contribution in [0.4, 0.5) is 4.79 Å². The molecule has 40 heavy (non-hydrogen) atoms.